The normalized spacial score (nSPS) is 11.2. The summed E-state index contributed by atoms with van der Waals surface area (Å²) in [5.74, 6) is 0.377. The van der Waals surface area contributed by atoms with Crippen molar-refractivity contribution in [1.82, 2.24) is 4.72 Å². The second kappa shape index (κ2) is 11.3. The van der Waals surface area contributed by atoms with E-state index in [4.69, 9.17) is 4.74 Å². The Bertz CT molecular complexity index is 1150. The van der Waals surface area contributed by atoms with Crippen LogP contribution in [0.5, 0.6) is 5.75 Å². The summed E-state index contributed by atoms with van der Waals surface area (Å²) in [6.45, 7) is 2.92. The molecule has 32 heavy (non-hydrogen) atoms. The molecule has 0 atom stereocenters. The maximum Gasteiger partial charge on any atom is 0.255 e. The number of hydrogen-bond acceptors (Lipinski definition) is 4. The van der Waals surface area contributed by atoms with Gasteiger partial charge in [0.2, 0.25) is 10.0 Å². The Morgan fingerprint density at radius 2 is 1.72 bits per heavy atom. The molecule has 168 valence electrons. The first-order chi connectivity index (χ1) is 15.4. The third kappa shape index (κ3) is 6.66. The highest BCUT2D eigenvalue weighted by atomic mass is 79.9. The Kier molecular flexibility index (Phi) is 8.44. The molecule has 0 aliphatic rings. The number of halogens is 1. The molecule has 0 bridgehead atoms. The van der Waals surface area contributed by atoms with Crippen molar-refractivity contribution in [3.05, 3.63) is 88.4 Å². The number of ether oxygens (including phenoxy) is 1. The van der Waals surface area contributed by atoms with Gasteiger partial charge in [0.1, 0.15) is 5.75 Å². The molecule has 0 aromatic heterocycles. The van der Waals surface area contributed by atoms with Crippen LogP contribution in [-0.4, -0.2) is 27.5 Å². The Morgan fingerprint density at radius 1 is 1.00 bits per heavy atom. The number of hydrogen-bond donors (Lipinski definition) is 2. The third-order valence-electron chi connectivity index (χ3n) is 4.63. The molecule has 6 nitrogen and oxygen atoms in total. The number of rotatable bonds is 10. The smallest absolute Gasteiger partial charge is 0.255 e. The molecule has 1 amide bonds. The van der Waals surface area contributed by atoms with Crippen LogP contribution in [0.1, 0.15) is 29.3 Å². The Labute approximate surface area is 197 Å². The number of amides is 1. The number of benzene rings is 3. The van der Waals surface area contributed by atoms with E-state index >= 15 is 0 Å². The molecule has 3 rings (SSSR count). The fraction of sp³-hybridized carbons (Fsp3) is 0.208. The molecule has 2 N–H and O–H groups in total. The largest absolute Gasteiger partial charge is 0.492 e. The first-order valence-corrected chi connectivity index (χ1v) is 12.5. The molecule has 0 radical (unpaired) electrons. The van der Waals surface area contributed by atoms with Gasteiger partial charge in [0.25, 0.3) is 5.91 Å². The first kappa shape index (κ1) is 24.0. The molecule has 0 spiro atoms. The SMILES string of the molecule is CCCOc1ccc(C(=O)Nc2ccc(S(=O)(=O)NCCc3ccccc3)cc2)cc1Br. The van der Waals surface area contributed by atoms with E-state index in [2.05, 4.69) is 26.0 Å². The van der Waals surface area contributed by atoms with Crippen molar-refractivity contribution >= 4 is 37.5 Å². The van der Waals surface area contributed by atoms with Crippen molar-refractivity contribution in [2.45, 2.75) is 24.7 Å². The van der Waals surface area contributed by atoms with E-state index in [1.165, 1.54) is 12.1 Å². The van der Waals surface area contributed by atoms with E-state index in [0.29, 0.717) is 41.0 Å². The number of anilines is 1. The number of carbonyl (C=O) groups excluding carboxylic acids is 1. The fourth-order valence-corrected chi connectivity index (χ4v) is 4.47. The molecule has 0 aliphatic heterocycles. The molecular formula is C24H25BrN2O4S. The van der Waals surface area contributed by atoms with Gasteiger partial charge in [-0.2, -0.15) is 0 Å². The molecule has 0 saturated carbocycles. The zero-order valence-corrected chi connectivity index (χ0v) is 20.1. The van der Waals surface area contributed by atoms with Crippen LogP contribution < -0.4 is 14.8 Å². The monoisotopic (exact) mass is 516 g/mol. The standard InChI is InChI=1S/C24H25BrN2O4S/c1-2-16-31-23-13-8-19(17-22(23)25)24(28)27-20-9-11-21(12-10-20)32(29,30)26-15-14-18-6-4-3-5-7-18/h3-13,17,26H,2,14-16H2,1H3,(H,27,28). The second-order valence-electron chi connectivity index (χ2n) is 7.11. The van der Waals surface area contributed by atoms with Gasteiger partial charge in [0, 0.05) is 17.8 Å². The zero-order chi connectivity index (χ0) is 23.0. The third-order valence-corrected chi connectivity index (χ3v) is 6.72. The van der Waals surface area contributed by atoms with Crippen LogP contribution in [0.2, 0.25) is 0 Å². The second-order valence-corrected chi connectivity index (χ2v) is 9.73. The van der Waals surface area contributed by atoms with Gasteiger partial charge in [-0.15, -0.1) is 0 Å². The maximum atomic E-state index is 12.5. The van der Waals surface area contributed by atoms with Crippen LogP contribution >= 0.6 is 15.9 Å². The number of carbonyl (C=O) groups is 1. The average Bonchev–Trinajstić information content (AvgIpc) is 2.79. The predicted molar refractivity (Wildman–Crippen MR) is 130 cm³/mol. The van der Waals surface area contributed by atoms with Crippen molar-refractivity contribution in [2.24, 2.45) is 0 Å². The van der Waals surface area contributed by atoms with Crippen molar-refractivity contribution < 1.29 is 17.9 Å². The van der Waals surface area contributed by atoms with E-state index < -0.39 is 10.0 Å². The van der Waals surface area contributed by atoms with Crippen LogP contribution in [0.3, 0.4) is 0 Å². The maximum absolute atomic E-state index is 12.5. The molecule has 0 aliphatic carbocycles. The quantitative estimate of drug-likeness (QED) is 0.396. The highest BCUT2D eigenvalue weighted by Crippen LogP contribution is 2.26. The lowest BCUT2D eigenvalue weighted by Gasteiger charge is -2.10. The lowest BCUT2D eigenvalue weighted by molar-refractivity contribution is 0.102. The van der Waals surface area contributed by atoms with Crippen molar-refractivity contribution in [3.63, 3.8) is 0 Å². The topological polar surface area (TPSA) is 84.5 Å². The molecule has 0 fully saturated rings. The summed E-state index contributed by atoms with van der Waals surface area (Å²) in [7, 11) is -3.63. The number of nitrogens with one attached hydrogen (secondary N) is 2. The predicted octanol–water partition coefficient (Wildman–Crippen LogP) is 5.01. The summed E-state index contributed by atoms with van der Waals surface area (Å²) >= 11 is 3.42. The molecule has 3 aromatic rings. The van der Waals surface area contributed by atoms with E-state index in [-0.39, 0.29) is 10.8 Å². The fourth-order valence-electron chi connectivity index (χ4n) is 2.95. The van der Waals surface area contributed by atoms with Crippen molar-refractivity contribution in [3.8, 4) is 5.75 Å². The van der Waals surface area contributed by atoms with Gasteiger partial charge in [0.15, 0.2) is 0 Å². The summed E-state index contributed by atoms with van der Waals surface area (Å²) in [5.41, 5.74) is 2.02. The van der Waals surface area contributed by atoms with Crippen LogP contribution in [0.15, 0.2) is 82.2 Å². The van der Waals surface area contributed by atoms with Crippen molar-refractivity contribution in [1.29, 1.82) is 0 Å². The van der Waals surface area contributed by atoms with Gasteiger partial charge in [-0.05, 0) is 76.8 Å². The Balaban J connectivity index is 1.58. The van der Waals surface area contributed by atoms with Crippen molar-refractivity contribution in [2.75, 3.05) is 18.5 Å². The summed E-state index contributed by atoms with van der Waals surface area (Å²) in [6.07, 6.45) is 1.50. The average molecular weight is 517 g/mol. The molecule has 3 aromatic carbocycles. The lowest BCUT2D eigenvalue weighted by Crippen LogP contribution is -2.26. The van der Waals surface area contributed by atoms with E-state index in [9.17, 15) is 13.2 Å². The van der Waals surface area contributed by atoms with Gasteiger partial charge in [-0.25, -0.2) is 13.1 Å². The van der Waals surface area contributed by atoms with Gasteiger partial charge in [0.05, 0.1) is 16.0 Å². The summed E-state index contributed by atoms with van der Waals surface area (Å²) < 4.78 is 33.9. The first-order valence-electron chi connectivity index (χ1n) is 10.3. The molecular weight excluding hydrogens is 492 g/mol. The van der Waals surface area contributed by atoms with Crippen LogP contribution in [0.4, 0.5) is 5.69 Å². The molecule has 0 unspecified atom stereocenters. The minimum Gasteiger partial charge on any atom is -0.492 e. The summed E-state index contributed by atoms with van der Waals surface area (Å²) in [4.78, 5) is 12.7. The van der Waals surface area contributed by atoms with Crippen LogP contribution in [0, 0.1) is 0 Å². The van der Waals surface area contributed by atoms with E-state index in [1.807, 2.05) is 37.3 Å². The number of sulfonamides is 1. The van der Waals surface area contributed by atoms with Crippen LogP contribution in [0.25, 0.3) is 0 Å². The minimum atomic E-state index is -3.63. The summed E-state index contributed by atoms with van der Waals surface area (Å²) in [5, 5.41) is 2.78. The molecule has 0 saturated heterocycles. The highest BCUT2D eigenvalue weighted by Gasteiger charge is 2.14. The van der Waals surface area contributed by atoms with E-state index in [1.54, 1.807) is 30.3 Å². The minimum absolute atomic E-state index is 0.142. The lowest BCUT2D eigenvalue weighted by atomic mass is 10.2. The van der Waals surface area contributed by atoms with Gasteiger partial charge in [-0.3, -0.25) is 4.79 Å². The van der Waals surface area contributed by atoms with Gasteiger partial charge >= 0.3 is 0 Å². The molecule has 0 heterocycles. The Hall–Kier alpha value is -2.68. The summed E-state index contributed by atoms with van der Waals surface area (Å²) in [6, 6.07) is 20.9. The van der Waals surface area contributed by atoms with Crippen LogP contribution in [-0.2, 0) is 16.4 Å². The Morgan fingerprint density at radius 3 is 2.38 bits per heavy atom. The van der Waals surface area contributed by atoms with E-state index in [0.717, 1.165) is 12.0 Å². The zero-order valence-electron chi connectivity index (χ0n) is 17.7. The van der Waals surface area contributed by atoms with Gasteiger partial charge < -0.3 is 10.1 Å². The van der Waals surface area contributed by atoms with Gasteiger partial charge in [-0.1, -0.05) is 37.3 Å². The highest BCUT2D eigenvalue weighted by molar-refractivity contribution is 9.10. The molecule has 8 heteroatoms.